The highest BCUT2D eigenvalue weighted by atomic mass is 16.5. The van der Waals surface area contributed by atoms with Crippen LogP contribution in [0, 0.1) is 0 Å². The number of nitrogens with two attached hydrogens (primary N) is 1. The number of hydrogen-bond donors (Lipinski definition) is 1. The van der Waals surface area contributed by atoms with E-state index in [1.54, 1.807) is 0 Å². The maximum absolute atomic E-state index is 5.72. The fraction of sp³-hybridized carbons (Fsp3) is 0.417. The van der Waals surface area contributed by atoms with Gasteiger partial charge in [-0.2, -0.15) is 0 Å². The van der Waals surface area contributed by atoms with Crippen molar-refractivity contribution in [3.8, 4) is 0 Å². The molecule has 0 radical (unpaired) electrons. The number of oxazole rings is 1. The van der Waals surface area contributed by atoms with E-state index in [4.69, 9.17) is 14.9 Å². The molecule has 0 aliphatic carbocycles. The average molecular weight is 218 g/mol. The summed E-state index contributed by atoms with van der Waals surface area (Å²) in [5.74, 6) is 1.07. The molecule has 1 aromatic heterocycles. The molecule has 1 fully saturated rings. The predicted octanol–water partition coefficient (Wildman–Crippen LogP) is 2.30. The number of ether oxygens (including phenoxy) is 1. The molecule has 1 aromatic carbocycles. The molecular weight excluding hydrogens is 204 g/mol. The maximum atomic E-state index is 5.72. The third kappa shape index (κ3) is 1.65. The summed E-state index contributed by atoms with van der Waals surface area (Å²) in [6.07, 6.45) is 2.16. The summed E-state index contributed by atoms with van der Waals surface area (Å²) in [4.78, 5) is 4.47. The highest BCUT2D eigenvalue weighted by Crippen LogP contribution is 2.28. The van der Waals surface area contributed by atoms with Crippen LogP contribution in [0.2, 0.25) is 0 Å². The number of nitrogens with zero attached hydrogens (tertiary/aromatic N) is 1. The number of hydrogen-bond acceptors (Lipinski definition) is 4. The van der Waals surface area contributed by atoms with Gasteiger partial charge in [-0.3, -0.25) is 0 Å². The maximum Gasteiger partial charge on any atom is 0.200 e. The Kier molecular flexibility index (Phi) is 2.29. The van der Waals surface area contributed by atoms with Gasteiger partial charge in [0.2, 0.25) is 5.89 Å². The van der Waals surface area contributed by atoms with Crippen LogP contribution in [0.3, 0.4) is 0 Å². The van der Waals surface area contributed by atoms with E-state index in [2.05, 4.69) is 4.98 Å². The first-order valence-corrected chi connectivity index (χ1v) is 5.56. The second-order valence-corrected chi connectivity index (χ2v) is 4.19. The van der Waals surface area contributed by atoms with Crippen LogP contribution in [0.5, 0.6) is 0 Å². The van der Waals surface area contributed by atoms with Gasteiger partial charge in [0.25, 0.3) is 0 Å². The molecule has 0 amide bonds. The van der Waals surface area contributed by atoms with Gasteiger partial charge in [-0.1, -0.05) is 0 Å². The number of rotatable bonds is 1. The fourth-order valence-corrected chi connectivity index (χ4v) is 2.07. The van der Waals surface area contributed by atoms with Crippen LogP contribution in [0.25, 0.3) is 11.1 Å². The van der Waals surface area contributed by atoms with Gasteiger partial charge in [0.15, 0.2) is 5.58 Å². The second kappa shape index (κ2) is 3.79. The molecule has 1 aliphatic heterocycles. The molecule has 1 saturated heterocycles. The van der Waals surface area contributed by atoms with Crippen LogP contribution in [-0.4, -0.2) is 18.2 Å². The molecule has 2 N–H and O–H groups in total. The molecule has 0 spiro atoms. The van der Waals surface area contributed by atoms with Gasteiger partial charge in [0.05, 0.1) is 12.5 Å². The monoisotopic (exact) mass is 218 g/mol. The summed E-state index contributed by atoms with van der Waals surface area (Å²) in [5, 5.41) is 0. The van der Waals surface area contributed by atoms with Gasteiger partial charge in [-0.15, -0.1) is 0 Å². The molecule has 3 rings (SSSR count). The van der Waals surface area contributed by atoms with Gasteiger partial charge in [-0.05, 0) is 31.0 Å². The van der Waals surface area contributed by atoms with Crippen molar-refractivity contribution in [2.75, 3.05) is 18.9 Å². The Hall–Kier alpha value is -1.55. The van der Waals surface area contributed by atoms with E-state index in [0.29, 0.717) is 18.2 Å². The molecule has 16 heavy (non-hydrogen) atoms. The third-order valence-electron chi connectivity index (χ3n) is 2.94. The molecular formula is C12H14N2O2. The number of nitrogen functional groups attached to an aromatic ring is 1. The van der Waals surface area contributed by atoms with Gasteiger partial charge in [0.1, 0.15) is 5.52 Å². The molecule has 84 valence electrons. The van der Waals surface area contributed by atoms with Gasteiger partial charge >= 0.3 is 0 Å². The number of fused-ring (bicyclic) bond motifs is 1. The first kappa shape index (κ1) is 9.66. The molecule has 0 saturated carbocycles. The first-order valence-electron chi connectivity index (χ1n) is 5.56. The zero-order valence-electron chi connectivity index (χ0n) is 8.98. The van der Waals surface area contributed by atoms with Crippen molar-refractivity contribution in [2.45, 2.75) is 18.8 Å². The van der Waals surface area contributed by atoms with Crippen molar-refractivity contribution in [1.82, 2.24) is 4.98 Å². The highest BCUT2D eigenvalue weighted by molar-refractivity contribution is 5.76. The van der Waals surface area contributed by atoms with Crippen LogP contribution in [0.15, 0.2) is 22.6 Å². The van der Waals surface area contributed by atoms with E-state index in [1.165, 1.54) is 0 Å². The van der Waals surface area contributed by atoms with Gasteiger partial charge in [-0.25, -0.2) is 4.98 Å². The quantitative estimate of drug-likeness (QED) is 0.746. The van der Waals surface area contributed by atoms with Crippen molar-refractivity contribution in [2.24, 2.45) is 0 Å². The molecule has 4 nitrogen and oxygen atoms in total. The van der Waals surface area contributed by atoms with Crippen molar-refractivity contribution in [3.05, 3.63) is 24.1 Å². The van der Waals surface area contributed by atoms with E-state index in [0.717, 1.165) is 36.4 Å². The minimum atomic E-state index is 0.294. The Morgan fingerprint density at radius 2 is 2.31 bits per heavy atom. The minimum Gasteiger partial charge on any atom is -0.440 e. The van der Waals surface area contributed by atoms with Crippen molar-refractivity contribution >= 4 is 16.8 Å². The summed E-state index contributed by atoms with van der Waals surface area (Å²) < 4.78 is 11.1. The average Bonchev–Trinajstić information content (AvgIpc) is 2.73. The topological polar surface area (TPSA) is 61.3 Å². The molecule has 4 heteroatoms. The number of benzene rings is 1. The van der Waals surface area contributed by atoms with Crippen LogP contribution >= 0.6 is 0 Å². The normalized spacial score (nSPS) is 21.4. The Morgan fingerprint density at radius 3 is 3.12 bits per heavy atom. The highest BCUT2D eigenvalue weighted by Gasteiger charge is 2.21. The summed E-state index contributed by atoms with van der Waals surface area (Å²) >= 11 is 0. The van der Waals surface area contributed by atoms with Gasteiger partial charge < -0.3 is 14.9 Å². The standard InChI is InChI=1S/C12H14N2O2/c13-9-3-4-11-10(6-9)14-12(16-11)8-2-1-5-15-7-8/h3-4,6,8H,1-2,5,7,13H2. The van der Waals surface area contributed by atoms with Crippen molar-refractivity contribution < 1.29 is 9.15 Å². The van der Waals surface area contributed by atoms with Crippen molar-refractivity contribution in [3.63, 3.8) is 0 Å². The number of anilines is 1. The first-order chi connectivity index (χ1) is 7.83. The lowest BCUT2D eigenvalue weighted by Crippen LogP contribution is -2.15. The summed E-state index contributed by atoms with van der Waals surface area (Å²) in [7, 11) is 0. The van der Waals surface area contributed by atoms with E-state index in [9.17, 15) is 0 Å². The number of aromatic nitrogens is 1. The molecule has 2 aromatic rings. The molecule has 1 atom stereocenters. The molecule has 1 aliphatic rings. The lowest BCUT2D eigenvalue weighted by Gasteiger charge is -2.18. The van der Waals surface area contributed by atoms with Crippen LogP contribution in [0.4, 0.5) is 5.69 Å². The molecule has 2 heterocycles. The van der Waals surface area contributed by atoms with Gasteiger partial charge in [0, 0.05) is 12.3 Å². The van der Waals surface area contributed by atoms with Crippen LogP contribution in [0.1, 0.15) is 24.7 Å². The largest absolute Gasteiger partial charge is 0.440 e. The smallest absolute Gasteiger partial charge is 0.200 e. The minimum absolute atomic E-state index is 0.294. The van der Waals surface area contributed by atoms with E-state index < -0.39 is 0 Å². The SMILES string of the molecule is Nc1ccc2oc(C3CCCOC3)nc2c1. The van der Waals surface area contributed by atoms with E-state index in [1.807, 2.05) is 18.2 Å². The van der Waals surface area contributed by atoms with E-state index >= 15 is 0 Å². The van der Waals surface area contributed by atoms with Crippen molar-refractivity contribution in [1.29, 1.82) is 0 Å². The Morgan fingerprint density at radius 1 is 1.38 bits per heavy atom. The zero-order chi connectivity index (χ0) is 11.0. The lowest BCUT2D eigenvalue weighted by molar-refractivity contribution is 0.0731. The predicted molar refractivity (Wildman–Crippen MR) is 61.2 cm³/mol. The van der Waals surface area contributed by atoms with Crippen LogP contribution < -0.4 is 5.73 Å². The molecule has 1 unspecified atom stereocenters. The van der Waals surface area contributed by atoms with Crippen LogP contribution in [-0.2, 0) is 4.74 Å². The summed E-state index contributed by atoms with van der Waals surface area (Å²) in [6, 6.07) is 5.53. The Bertz CT molecular complexity index is 501. The summed E-state index contributed by atoms with van der Waals surface area (Å²) in [6.45, 7) is 1.56. The Balaban J connectivity index is 1.97. The summed E-state index contributed by atoms with van der Waals surface area (Å²) in [5.41, 5.74) is 8.05. The van der Waals surface area contributed by atoms with E-state index in [-0.39, 0.29) is 0 Å². The molecule has 0 bridgehead atoms. The third-order valence-corrected chi connectivity index (χ3v) is 2.94. The zero-order valence-corrected chi connectivity index (χ0v) is 8.98. The second-order valence-electron chi connectivity index (χ2n) is 4.19. The lowest BCUT2D eigenvalue weighted by atomic mass is 10.0. The Labute approximate surface area is 93.4 Å². The fourth-order valence-electron chi connectivity index (χ4n) is 2.07.